The molecule has 0 fully saturated rings. The van der Waals surface area contributed by atoms with Crippen LogP contribution >= 0.6 is 0 Å². The number of hydrogen-bond acceptors (Lipinski definition) is 10. The molecule has 8 heterocycles. The second-order valence-corrected chi connectivity index (χ2v) is 33.9. The van der Waals surface area contributed by atoms with Crippen molar-refractivity contribution in [1.29, 1.82) is 0 Å². The van der Waals surface area contributed by atoms with E-state index in [0.717, 1.165) is 236 Å². The number of fused-ring (bicyclic) bond motifs is 23. The van der Waals surface area contributed by atoms with Crippen LogP contribution in [0.4, 0.5) is 0 Å². The van der Waals surface area contributed by atoms with Gasteiger partial charge in [0, 0.05) is 99.0 Å². The lowest BCUT2D eigenvalue weighted by atomic mass is 9.93. The Hall–Kier alpha value is -17.7. The van der Waals surface area contributed by atoms with Crippen LogP contribution in [0.3, 0.4) is 0 Å². The van der Waals surface area contributed by atoms with Crippen LogP contribution in [0.25, 0.3) is 288 Å². The first-order chi connectivity index (χ1) is 64.4. The number of hydrogen-bond donors (Lipinski definition) is 0. The molecule has 130 heavy (non-hydrogen) atoms. The number of nitrogens with zero attached hydrogens (tertiary/aromatic N) is 8. The van der Waals surface area contributed by atoms with E-state index in [-0.39, 0.29) is 0 Å². The van der Waals surface area contributed by atoms with Crippen molar-refractivity contribution < 1.29 is 17.7 Å². The maximum absolute atomic E-state index is 7.30. The van der Waals surface area contributed by atoms with Crippen molar-refractivity contribution >= 4 is 174 Å². The number of benzene rings is 20. The molecule has 28 aromatic rings. The van der Waals surface area contributed by atoms with Crippen molar-refractivity contribution in [3.8, 4) is 113 Å². The third-order valence-electron chi connectivity index (χ3n) is 26.6. The highest BCUT2D eigenvalue weighted by Gasteiger charge is 2.29. The Morgan fingerprint density at radius 3 is 1.16 bits per heavy atom. The molecule has 0 spiro atoms. The van der Waals surface area contributed by atoms with E-state index in [1.54, 1.807) is 0 Å². The minimum absolute atomic E-state index is 0.475. The Kier molecular flexibility index (Phi) is 15.4. The van der Waals surface area contributed by atoms with E-state index < -0.39 is 0 Å². The molecule has 0 radical (unpaired) electrons. The van der Waals surface area contributed by atoms with E-state index in [0.29, 0.717) is 51.7 Å². The van der Waals surface area contributed by atoms with Gasteiger partial charge in [0.2, 0.25) is 0 Å². The van der Waals surface area contributed by atoms with Crippen LogP contribution in [0.2, 0.25) is 0 Å². The fraction of sp³-hybridized carbons (Fsp3) is 0. The van der Waals surface area contributed by atoms with Gasteiger partial charge < -0.3 is 26.8 Å². The second-order valence-electron chi connectivity index (χ2n) is 33.9. The molecular formula is C118H66N8O4. The van der Waals surface area contributed by atoms with Gasteiger partial charge in [0.05, 0.1) is 44.6 Å². The lowest BCUT2D eigenvalue weighted by molar-refractivity contribution is 0.668. The van der Waals surface area contributed by atoms with Crippen LogP contribution in [0.1, 0.15) is 0 Å². The summed E-state index contributed by atoms with van der Waals surface area (Å²) in [5.74, 6) is 2.95. The Morgan fingerprint density at radius 2 is 0.554 bits per heavy atom. The van der Waals surface area contributed by atoms with Crippen LogP contribution < -0.4 is 0 Å². The molecule has 0 bridgehead atoms. The lowest BCUT2D eigenvalue weighted by Crippen LogP contribution is -2.04. The Labute approximate surface area is 739 Å². The summed E-state index contributed by atoms with van der Waals surface area (Å²) in [5.41, 5.74) is 22.9. The quantitative estimate of drug-likeness (QED) is 0.123. The van der Waals surface area contributed by atoms with E-state index in [1.807, 2.05) is 60.7 Å². The summed E-state index contributed by atoms with van der Waals surface area (Å²) < 4.78 is 32.6. The zero-order valence-electron chi connectivity index (χ0n) is 69.3. The van der Waals surface area contributed by atoms with Crippen molar-refractivity contribution in [3.63, 3.8) is 0 Å². The standard InChI is InChI=1S/C118H66N8O4/c1-3-23-67(24-4-1)69-47-49-70(50-48-69)113-119-115(89-41-21-39-87-83-34-12-17-45-105(83)129-111(87)89)123-117(120-113)95-63-94-85-36-14-16-44-104(85)127-108(94)65-103(95)126-100-61-75-30-10-8-28-73(75)58-92(100)93-59-79-56-77(52-51-76(79)62-101(93)126)80-37-20-38-86-81(80)53-54-107-110(86)97-64-96(102(66-109(97)128-107)125-98-43-15-11-33-82(98)91-57-72-27-7-9-29-74(72)60-99(91)125)118-122-114(78-32-19-31-71(55-78)68-25-5-2-6-26-68)121-116(124-118)90-42-22-40-88-84-35-13-18-46-106(84)130-112(88)90/h1-66H. The van der Waals surface area contributed by atoms with Crippen molar-refractivity contribution in [3.05, 3.63) is 400 Å². The van der Waals surface area contributed by atoms with Crippen LogP contribution in [0, 0.1) is 0 Å². The molecule has 0 aliphatic rings. The highest BCUT2D eigenvalue weighted by Crippen LogP contribution is 2.49. The highest BCUT2D eigenvalue weighted by atomic mass is 16.3. The number of rotatable bonds is 11. The average Bonchev–Trinajstić information content (AvgIpc) is 1.55. The monoisotopic (exact) mass is 1660 g/mol. The Bertz CT molecular complexity index is 9720. The summed E-state index contributed by atoms with van der Waals surface area (Å²) in [4.78, 5) is 33.5. The Balaban J connectivity index is 0.647. The SMILES string of the molecule is c1ccc(-c2ccc(-c3nc(-c4cc5c(cc4-n4c6cc7ccccc7cc6c6cc7cc(-c8cccc9c8ccc8oc%10cc(-n%11c%12ccccc%12c%12cc%13ccccc%13cc%12%11)c(-c%11nc(-c%12cccc(-c%13ccccc%13)c%12)nc(-c%12cccc%13c%12oc%12ccccc%12%13)n%11)cc%10c89)ccc7cc64)oc4ccccc45)nc(-c4cccc5c4oc4ccccc45)n3)cc2)cc1. The largest absolute Gasteiger partial charge is 0.456 e. The van der Waals surface area contributed by atoms with Crippen LogP contribution in [-0.2, 0) is 0 Å². The molecule has 20 aromatic carbocycles. The van der Waals surface area contributed by atoms with Crippen molar-refractivity contribution in [2.24, 2.45) is 0 Å². The van der Waals surface area contributed by atoms with Gasteiger partial charge in [0.15, 0.2) is 34.9 Å². The van der Waals surface area contributed by atoms with E-state index in [9.17, 15) is 0 Å². The van der Waals surface area contributed by atoms with E-state index in [4.69, 9.17) is 47.6 Å². The first-order valence-electron chi connectivity index (χ1n) is 43.7. The number of aromatic nitrogens is 8. The minimum atomic E-state index is 0.475. The number of furan rings is 4. The highest BCUT2D eigenvalue weighted by molar-refractivity contribution is 6.24. The molecular weight excluding hydrogens is 1590 g/mol. The zero-order valence-corrected chi connectivity index (χ0v) is 69.3. The van der Waals surface area contributed by atoms with Gasteiger partial charge in [-0.1, -0.05) is 285 Å². The molecule has 0 aliphatic heterocycles. The predicted molar refractivity (Wildman–Crippen MR) is 530 cm³/mol. The third-order valence-corrected chi connectivity index (χ3v) is 26.6. The predicted octanol–water partition coefficient (Wildman–Crippen LogP) is 31.5. The maximum atomic E-state index is 7.30. The van der Waals surface area contributed by atoms with Gasteiger partial charge in [-0.15, -0.1) is 0 Å². The van der Waals surface area contributed by atoms with Gasteiger partial charge in [0.25, 0.3) is 0 Å². The van der Waals surface area contributed by atoms with Crippen molar-refractivity contribution in [1.82, 2.24) is 39.0 Å². The van der Waals surface area contributed by atoms with Gasteiger partial charge >= 0.3 is 0 Å². The first kappa shape index (κ1) is 71.7. The molecule has 0 unspecified atom stereocenters. The van der Waals surface area contributed by atoms with E-state index >= 15 is 0 Å². The first-order valence-corrected chi connectivity index (χ1v) is 43.7. The molecule has 602 valence electrons. The van der Waals surface area contributed by atoms with E-state index in [1.165, 1.54) is 0 Å². The minimum Gasteiger partial charge on any atom is -0.456 e. The molecule has 0 saturated heterocycles. The average molecular weight is 1660 g/mol. The summed E-state index contributed by atoms with van der Waals surface area (Å²) >= 11 is 0. The summed E-state index contributed by atoms with van der Waals surface area (Å²) in [5, 5.41) is 20.9. The number of para-hydroxylation sites is 6. The lowest BCUT2D eigenvalue weighted by Gasteiger charge is -2.16. The molecule has 0 saturated carbocycles. The van der Waals surface area contributed by atoms with Crippen LogP contribution in [0.15, 0.2) is 418 Å². The van der Waals surface area contributed by atoms with Crippen LogP contribution in [0.5, 0.6) is 0 Å². The summed E-state index contributed by atoms with van der Waals surface area (Å²) in [6.45, 7) is 0. The van der Waals surface area contributed by atoms with Crippen molar-refractivity contribution in [2.45, 2.75) is 0 Å². The summed E-state index contributed by atoms with van der Waals surface area (Å²) in [7, 11) is 0. The molecule has 8 aromatic heterocycles. The fourth-order valence-electron chi connectivity index (χ4n) is 20.4. The van der Waals surface area contributed by atoms with Gasteiger partial charge in [0.1, 0.15) is 44.7 Å². The third kappa shape index (κ3) is 11.1. The maximum Gasteiger partial charge on any atom is 0.167 e. The smallest absolute Gasteiger partial charge is 0.167 e. The second kappa shape index (κ2) is 27.9. The normalized spacial score (nSPS) is 12.2. The molecule has 0 atom stereocenters. The van der Waals surface area contributed by atoms with Gasteiger partial charge in [-0.3, -0.25) is 0 Å². The summed E-state index contributed by atoms with van der Waals surface area (Å²) in [6.07, 6.45) is 0. The van der Waals surface area contributed by atoms with Gasteiger partial charge in [-0.25, -0.2) is 29.9 Å². The molecule has 0 aliphatic carbocycles. The molecule has 0 N–H and O–H groups in total. The molecule has 0 amide bonds. The molecule has 12 nitrogen and oxygen atoms in total. The van der Waals surface area contributed by atoms with Gasteiger partial charge in [-0.2, -0.15) is 0 Å². The summed E-state index contributed by atoms with van der Waals surface area (Å²) in [6, 6.07) is 142. The topological polar surface area (TPSA) is 140 Å². The van der Waals surface area contributed by atoms with Crippen molar-refractivity contribution in [2.75, 3.05) is 0 Å². The zero-order chi connectivity index (χ0) is 84.9. The fourth-order valence-corrected chi connectivity index (χ4v) is 20.4. The van der Waals surface area contributed by atoms with E-state index in [2.05, 4.69) is 349 Å². The Morgan fingerprint density at radius 1 is 0.162 bits per heavy atom. The van der Waals surface area contributed by atoms with Gasteiger partial charge in [-0.05, 0) is 180 Å². The molecule has 12 heteroatoms. The van der Waals surface area contributed by atoms with Crippen LogP contribution in [-0.4, -0.2) is 39.0 Å². The molecule has 28 rings (SSSR count).